The fourth-order valence-electron chi connectivity index (χ4n) is 1.84. The third-order valence-electron chi connectivity index (χ3n) is 2.80. The van der Waals surface area contributed by atoms with Crippen LogP contribution in [0.2, 0.25) is 0 Å². The molecule has 0 saturated carbocycles. The SMILES string of the molecule is COc1ccc(C(NC=O)c2nccn2C)cc1. The Morgan fingerprint density at radius 1 is 1.39 bits per heavy atom. The second-order valence-electron chi connectivity index (χ2n) is 3.89. The molecule has 0 saturated heterocycles. The Labute approximate surface area is 105 Å². The van der Waals surface area contributed by atoms with Gasteiger partial charge in [0.05, 0.1) is 7.11 Å². The first-order chi connectivity index (χ1) is 8.76. The lowest BCUT2D eigenvalue weighted by Gasteiger charge is -2.16. The Balaban J connectivity index is 2.35. The molecule has 1 atom stereocenters. The molecule has 0 fully saturated rings. The van der Waals surface area contributed by atoms with Gasteiger partial charge in [-0.2, -0.15) is 0 Å². The predicted octanol–water partition coefficient (Wildman–Crippen LogP) is 1.26. The van der Waals surface area contributed by atoms with Crippen molar-refractivity contribution in [2.45, 2.75) is 6.04 Å². The van der Waals surface area contributed by atoms with Crippen LogP contribution in [0.25, 0.3) is 0 Å². The molecule has 1 N–H and O–H groups in total. The van der Waals surface area contributed by atoms with Crippen molar-refractivity contribution in [2.75, 3.05) is 7.11 Å². The maximum absolute atomic E-state index is 10.7. The van der Waals surface area contributed by atoms with Crippen molar-refractivity contribution in [1.82, 2.24) is 14.9 Å². The fraction of sp³-hybridized carbons (Fsp3) is 0.231. The minimum Gasteiger partial charge on any atom is -0.497 e. The molecule has 5 nitrogen and oxygen atoms in total. The highest BCUT2D eigenvalue weighted by molar-refractivity contribution is 5.49. The van der Waals surface area contributed by atoms with Crippen molar-refractivity contribution in [1.29, 1.82) is 0 Å². The summed E-state index contributed by atoms with van der Waals surface area (Å²) in [5, 5.41) is 2.77. The van der Waals surface area contributed by atoms with Crippen LogP contribution in [0.5, 0.6) is 5.75 Å². The van der Waals surface area contributed by atoms with Crippen LogP contribution in [0.1, 0.15) is 17.4 Å². The van der Waals surface area contributed by atoms with E-state index in [0.717, 1.165) is 17.1 Å². The molecular formula is C13H15N3O2. The van der Waals surface area contributed by atoms with Gasteiger partial charge in [-0.25, -0.2) is 4.98 Å². The summed E-state index contributed by atoms with van der Waals surface area (Å²) in [7, 11) is 3.51. The predicted molar refractivity (Wildman–Crippen MR) is 67.2 cm³/mol. The molecule has 2 rings (SSSR count). The van der Waals surface area contributed by atoms with Crippen molar-refractivity contribution in [2.24, 2.45) is 7.05 Å². The summed E-state index contributed by atoms with van der Waals surface area (Å²) in [6, 6.07) is 7.28. The summed E-state index contributed by atoms with van der Waals surface area (Å²) in [5.41, 5.74) is 0.956. The largest absolute Gasteiger partial charge is 0.497 e. The van der Waals surface area contributed by atoms with Crippen molar-refractivity contribution in [3.8, 4) is 5.75 Å². The third-order valence-corrected chi connectivity index (χ3v) is 2.80. The van der Waals surface area contributed by atoms with Crippen molar-refractivity contribution in [3.05, 3.63) is 48.0 Å². The second-order valence-corrected chi connectivity index (χ2v) is 3.89. The van der Waals surface area contributed by atoms with Crippen LogP contribution in [0.3, 0.4) is 0 Å². The van der Waals surface area contributed by atoms with Crippen molar-refractivity contribution >= 4 is 6.41 Å². The number of imidazole rings is 1. The highest BCUT2D eigenvalue weighted by atomic mass is 16.5. The monoisotopic (exact) mass is 245 g/mol. The van der Waals surface area contributed by atoms with Crippen LogP contribution in [-0.4, -0.2) is 23.1 Å². The highest BCUT2D eigenvalue weighted by Gasteiger charge is 2.17. The molecule has 1 aromatic carbocycles. The van der Waals surface area contributed by atoms with Gasteiger partial charge in [-0.3, -0.25) is 4.79 Å². The molecule has 0 aliphatic heterocycles. The van der Waals surface area contributed by atoms with E-state index < -0.39 is 0 Å². The number of ether oxygens (including phenoxy) is 1. The van der Waals surface area contributed by atoms with Gasteiger partial charge in [-0.15, -0.1) is 0 Å². The Morgan fingerprint density at radius 3 is 2.61 bits per heavy atom. The number of benzene rings is 1. The summed E-state index contributed by atoms with van der Waals surface area (Å²) >= 11 is 0. The number of aromatic nitrogens is 2. The number of hydrogen-bond donors (Lipinski definition) is 1. The van der Waals surface area contributed by atoms with E-state index in [1.54, 1.807) is 13.3 Å². The van der Waals surface area contributed by atoms with Crippen LogP contribution < -0.4 is 10.1 Å². The van der Waals surface area contributed by atoms with Gasteiger partial charge in [0.25, 0.3) is 0 Å². The smallest absolute Gasteiger partial charge is 0.207 e. The van der Waals surface area contributed by atoms with Gasteiger partial charge in [0.1, 0.15) is 17.6 Å². The van der Waals surface area contributed by atoms with E-state index in [-0.39, 0.29) is 6.04 Å². The number of carbonyl (C=O) groups excluding carboxylic acids is 1. The number of methoxy groups -OCH3 is 1. The van der Waals surface area contributed by atoms with Crippen LogP contribution in [-0.2, 0) is 11.8 Å². The molecule has 1 heterocycles. The van der Waals surface area contributed by atoms with Crippen LogP contribution >= 0.6 is 0 Å². The van der Waals surface area contributed by atoms with Crippen molar-refractivity contribution < 1.29 is 9.53 Å². The van der Waals surface area contributed by atoms with E-state index in [4.69, 9.17) is 4.74 Å². The Morgan fingerprint density at radius 2 is 2.11 bits per heavy atom. The van der Waals surface area contributed by atoms with Crippen LogP contribution in [0.15, 0.2) is 36.7 Å². The normalized spacial score (nSPS) is 11.9. The number of amides is 1. The average molecular weight is 245 g/mol. The topological polar surface area (TPSA) is 56.1 Å². The highest BCUT2D eigenvalue weighted by Crippen LogP contribution is 2.22. The maximum atomic E-state index is 10.7. The Kier molecular flexibility index (Phi) is 3.62. The molecular weight excluding hydrogens is 230 g/mol. The number of nitrogens with zero attached hydrogens (tertiary/aromatic N) is 2. The number of hydrogen-bond acceptors (Lipinski definition) is 3. The van der Waals surface area contributed by atoms with Gasteiger partial charge in [0.2, 0.25) is 6.41 Å². The first-order valence-electron chi connectivity index (χ1n) is 5.57. The summed E-state index contributed by atoms with van der Waals surface area (Å²) in [5.74, 6) is 1.57. The van der Waals surface area contributed by atoms with E-state index in [1.165, 1.54) is 0 Å². The van der Waals surface area contributed by atoms with Gasteiger partial charge in [-0.1, -0.05) is 12.1 Å². The molecule has 1 unspecified atom stereocenters. The minimum atomic E-state index is -0.256. The molecule has 0 spiro atoms. The van der Waals surface area contributed by atoms with Gasteiger partial charge in [0, 0.05) is 19.4 Å². The molecule has 0 bridgehead atoms. The summed E-state index contributed by atoms with van der Waals surface area (Å²) in [6.07, 6.45) is 4.24. The lowest BCUT2D eigenvalue weighted by Crippen LogP contribution is -2.23. The summed E-state index contributed by atoms with van der Waals surface area (Å²) in [4.78, 5) is 15.0. The molecule has 1 amide bonds. The second kappa shape index (κ2) is 5.35. The molecule has 0 radical (unpaired) electrons. The van der Waals surface area contributed by atoms with Crippen LogP contribution in [0.4, 0.5) is 0 Å². The Bertz CT molecular complexity index is 519. The number of carbonyl (C=O) groups is 1. The molecule has 18 heavy (non-hydrogen) atoms. The molecule has 5 heteroatoms. The lowest BCUT2D eigenvalue weighted by molar-refractivity contribution is -0.110. The number of nitrogens with one attached hydrogen (secondary N) is 1. The van der Waals surface area contributed by atoms with Gasteiger partial charge >= 0.3 is 0 Å². The minimum absolute atomic E-state index is 0.256. The van der Waals surface area contributed by atoms with E-state index in [9.17, 15) is 4.79 Å². The molecule has 1 aromatic heterocycles. The van der Waals surface area contributed by atoms with E-state index in [2.05, 4.69) is 10.3 Å². The summed E-state index contributed by atoms with van der Waals surface area (Å²) in [6.45, 7) is 0. The quantitative estimate of drug-likeness (QED) is 0.807. The van der Waals surface area contributed by atoms with Gasteiger partial charge in [-0.05, 0) is 17.7 Å². The molecule has 0 aliphatic rings. The zero-order valence-electron chi connectivity index (χ0n) is 10.3. The third kappa shape index (κ3) is 2.34. The van der Waals surface area contributed by atoms with Crippen LogP contribution in [0, 0.1) is 0 Å². The zero-order valence-corrected chi connectivity index (χ0v) is 10.3. The number of aryl methyl sites for hydroxylation is 1. The van der Waals surface area contributed by atoms with E-state index in [1.807, 2.05) is 42.1 Å². The molecule has 0 aliphatic carbocycles. The fourth-order valence-corrected chi connectivity index (χ4v) is 1.84. The van der Waals surface area contributed by atoms with E-state index >= 15 is 0 Å². The first-order valence-corrected chi connectivity index (χ1v) is 5.57. The van der Waals surface area contributed by atoms with Gasteiger partial charge in [0.15, 0.2) is 0 Å². The Hall–Kier alpha value is -2.30. The number of rotatable bonds is 5. The first kappa shape index (κ1) is 12.2. The average Bonchev–Trinajstić information content (AvgIpc) is 2.82. The lowest BCUT2D eigenvalue weighted by atomic mass is 10.1. The standard InChI is InChI=1S/C13H15N3O2/c1-16-8-7-14-13(16)12(15-9-17)10-3-5-11(18-2)6-4-10/h3-9,12H,1-2H3,(H,15,17). The van der Waals surface area contributed by atoms with E-state index in [0.29, 0.717) is 6.41 Å². The molecule has 94 valence electrons. The van der Waals surface area contributed by atoms with Crippen molar-refractivity contribution in [3.63, 3.8) is 0 Å². The maximum Gasteiger partial charge on any atom is 0.207 e. The molecule has 2 aromatic rings. The summed E-state index contributed by atoms with van der Waals surface area (Å²) < 4.78 is 6.99. The van der Waals surface area contributed by atoms with Gasteiger partial charge < -0.3 is 14.6 Å². The zero-order chi connectivity index (χ0) is 13.0.